The Morgan fingerprint density at radius 1 is 1.21 bits per heavy atom. The second-order valence-electron chi connectivity index (χ2n) is 2.35. The average molecular weight is 188 g/mol. The fourth-order valence-corrected chi connectivity index (χ4v) is 0.896. The SMILES string of the molecule is N#Cc1cc([O-])c([N+](=O)[O-])cc1C#N. The summed E-state index contributed by atoms with van der Waals surface area (Å²) in [6.45, 7) is 0. The van der Waals surface area contributed by atoms with Gasteiger partial charge in [0.25, 0.3) is 5.69 Å². The predicted molar refractivity (Wildman–Crippen MR) is 42.0 cm³/mol. The molecule has 0 fully saturated rings. The lowest BCUT2D eigenvalue weighted by atomic mass is 10.1. The predicted octanol–water partition coefficient (Wildman–Crippen LogP) is 0.412. The van der Waals surface area contributed by atoms with Crippen LogP contribution in [0.4, 0.5) is 5.69 Å². The van der Waals surface area contributed by atoms with Crippen molar-refractivity contribution in [3.05, 3.63) is 33.4 Å². The van der Waals surface area contributed by atoms with E-state index in [9.17, 15) is 15.2 Å². The van der Waals surface area contributed by atoms with Gasteiger partial charge in [-0.15, -0.1) is 0 Å². The zero-order valence-electron chi connectivity index (χ0n) is 6.72. The molecule has 1 aromatic rings. The van der Waals surface area contributed by atoms with Crippen molar-refractivity contribution in [2.24, 2.45) is 0 Å². The van der Waals surface area contributed by atoms with Crippen molar-refractivity contribution < 1.29 is 10.0 Å². The van der Waals surface area contributed by atoms with Gasteiger partial charge in [0.1, 0.15) is 12.1 Å². The first-order valence-electron chi connectivity index (χ1n) is 3.39. The Bertz CT molecular complexity index is 482. The van der Waals surface area contributed by atoms with Crippen molar-refractivity contribution in [1.82, 2.24) is 0 Å². The Balaban J connectivity index is 3.50. The van der Waals surface area contributed by atoms with Crippen LogP contribution in [-0.2, 0) is 0 Å². The Labute approximate surface area is 78.4 Å². The Morgan fingerprint density at radius 2 is 1.71 bits per heavy atom. The molecule has 6 heteroatoms. The summed E-state index contributed by atoms with van der Waals surface area (Å²) in [6, 6.07) is 4.81. The van der Waals surface area contributed by atoms with Crippen molar-refractivity contribution in [2.75, 3.05) is 0 Å². The molecule has 14 heavy (non-hydrogen) atoms. The van der Waals surface area contributed by atoms with E-state index in [4.69, 9.17) is 10.5 Å². The molecule has 0 saturated heterocycles. The third-order valence-electron chi connectivity index (χ3n) is 1.54. The number of nitriles is 2. The standard InChI is InChI=1S/C8H3N3O3/c9-3-5-1-7(11(13)14)8(12)2-6(5)4-10/h1-2,12H/p-1. The van der Waals surface area contributed by atoms with Crippen LogP contribution < -0.4 is 5.11 Å². The maximum Gasteiger partial charge on any atom is 0.263 e. The molecule has 0 amide bonds. The van der Waals surface area contributed by atoms with Crippen molar-refractivity contribution in [2.45, 2.75) is 0 Å². The van der Waals surface area contributed by atoms with Crippen LogP contribution in [0.15, 0.2) is 12.1 Å². The smallest absolute Gasteiger partial charge is 0.263 e. The summed E-state index contributed by atoms with van der Waals surface area (Å²) in [7, 11) is 0. The minimum Gasteiger partial charge on any atom is -0.868 e. The van der Waals surface area contributed by atoms with Gasteiger partial charge in [0, 0.05) is 6.07 Å². The largest absolute Gasteiger partial charge is 0.868 e. The zero-order valence-corrected chi connectivity index (χ0v) is 6.72. The molecule has 0 aliphatic rings. The molecule has 1 aromatic carbocycles. The highest BCUT2D eigenvalue weighted by molar-refractivity contribution is 5.58. The molecule has 0 radical (unpaired) electrons. The van der Waals surface area contributed by atoms with Crippen LogP contribution in [-0.4, -0.2) is 4.92 Å². The highest BCUT2D eigenvalue weighted by atomic mass is 16.6. The minimum atomic E-state index is -0.885. The Kier molecular flexibility index (Phi) is 2.32. The van der Waals surface area contributed by atoms with E-state index >= 15 is 0 Å². The fraction of sp³-hybridized carbons (Fsp3) is 0. The molecule has 0 N–H and O–H groups in total. The molecule has 0 aliphatic carbocycles. The number of benzene rings is 1. The topological polar surface area (TPSA) is 114 Å². The molecule has 0 aromatic heterocycles. The van der Waals surface area contributed by atoms with Gasteiger partial charge in [0.15, 0.2) is 0 Å². The summed E-state index contributed by atoms with van der Waals surface area (Å²) in [4.78, 5) is 9.42. The number of hydrogen-bond acceptors (Lipinski definition) is 5. The highest BCUT2D eigenvalue weighted by Crippen LogP contribution is 2.26. The van der Waals surface area contributed by atoms with Gasteiger partial charge in [0.05, 0.1) is 16.1 Å². The van der Waals surface area contributed by atoms with E-state index in [1.54, 1.807) is 12.1 Å². The first-order chi connectivity index (χ1) is 6.60. The first kappa shape index (κ1) is 9.49. The summed E-state index contributed by atoms with van der Waals surface area (Å²) in [5, 5.41) is 38.3. The van der Waals surface area contributed by atoms with Gasteiger partial charge < -0.3 is 5.11 Å². The number of rotatable bonds is 1. The van der Waals surface area contributed by atoms with E-state index in [2.05, 4.69) is 0 Å². The molecule has 0 atom stereocenters. The summed E-state index contributed by atoms with van der Waals surface area (Å²) in [6.07, 6.45) is 0. The molecule has 0 spiro atoms. The molecule has 0 unspecified atom stereocenters. The van der Waals surface area contributed by atoms with Gasteiger partial charge >= 0.3 is 0 Å². The van der Waals surface area contributed by atoms with Crippen molar-refractivity contribution >= 4 is 5.69 Å². The molecule has 6 nitrogen and oxygen atoms in total. The molecule has 0 aliphatic heterocycles. The summed E-state index contributed by atoms with van der Waals surface area (Å²) in [5.41, 5.74) is -1.01. The van der Waals surface area contributed by atoms with Crippen LogP contribution >= 0.6 is 0 Å². The third kappa shape index (κ3) is 1.45. The molecule has 1 rings (SSSR count). The maximum atomic E-state index is 11.0. The molecule has 0 heterocycles. The Morgan fingerprint density at radius 3 is 2.14 bits per heavy atom. The lowest BCUT2D eigenvalue weighted by Gasteiger charge is -2.06. The minimum absolute atomic E-state index is 0.150. The number of nitro benzene ring substituents is 1. The zero-order chi connectivity index (χ0) is 10.7. The second-order valence-corrected chi connectivity index (χ2v) is 2.35. The fourth-order valence-electron chi connectivity index (χ4n) is 0.896. The van der Waals surface area contributed by atoms with Crippen molar-refractivity contribution in [3.8, 4) is 17.9 Å². The van der Waals surface area contributed by atoms with Crippen LogP contribution in [0.25, 0.3) is 0 Å². The van der Waals surface area contributed by atoms with E-state index in [0.29, 0.717) is 0 Å². The molecular formula is C8H2N3O3-. The monoisotopic (exact) mass is 188 g/mol. The molecule has 0 bridgehead atoms. The maximum absolute atomic E-state index is 11.0. The van der Waals surface area contributed by atoms with Crippen LogP contribution in [0, 0.1) is 32.8 Å². The van der Waals surface area contributed by atoms with Gasteiger partial charge in [-0.3, -0.25) is 10.1 Å². The summed E-state index contributed by atoms with van der Waals surface area (Å²) >= 11 is 0. The number of nitro groups is 1. The van der Waals surface area contributed by atoms with Crippen molar-refractivity contribution in [3.63, 3.8) is 0 Å². The lowest BCUT2D eigenvalue weighted by molar-refractivity contribution is -0.398. The van der Waals surface area contributed by atoms with E-state index in [1.807, 2.05) is 0 Å². The van der Waals surface area contributed by atoms with Gasteiger partial charge in [-0.2, -0.15) is 10.5 Å². The van der Waals surface area contributed by atoms with Crippen LogP contribution in [0.1, 0.15) is 11.1 Å². The number of hydrogen-bond donors (Lipinski definition) is 0. The second kappa shape index (κ2) is 3.42. The lowest BCUT2D eigenvalue weighted by Crippen LogP contribution is -1.99. The van der Waals surface area contributed by atoms with Crippen LogP contribution in [0.2, 0.25) is 0 Å². The highest BCUT2D eigenvalue weighted by Gasteiger charge is 2.11. The van der Waals surface area contributed by atoms with E-state index < -0.39 is 16.4 Å². The molecule has 68 valence electrons. The molecular weight excluding hydrogens is 186 g/mol. The van der Waals surface area contributed by atoms with Gasteiger partial charge in [0.2, 0.25) is 0 Å². The van der Waals surface area contributed by atoms with Gasteiger partial charge in [-0.1, -0.05) is 0 Å². The van der Waals surface area contributed by atoms with E-state index in [0.717, 1.165) is 12.1 Å². The van der Waals surface area contributed by atoms with Crippen molar-refractivity contribution in [1.29, 1.82) is 10.5 Å². The average Bonchev–Trinajstić information content (AvgIpc) is 2.16. The third-order valence-corrected chi connectivity index (χ3v) is 1.54. The first-order valence-corrected chi connectivity index (χ1v) is 3.39. The van der Waals surface area contributed by atoms with E-state index in [-0.39, 0.29) is 11.1 Å². The van der Waals surface area contributed by atoms with Crippen LogP contribution in [0.5, 0.6) is 5.75 Å². The molecule has 0 saturated carbocycles. The quantitative estimate of drug-likeness (QED) is 0.467. The van der Waals surface area contributed by atoms with Crippen LogP contribution in [0.3, 0.4) is 0 Å². The normalized spacial score (nSPS) is 8.71. The van der Waals surface area contributed by atoms with Gasteiger partial charge in [-0.05, 0) is 11.8 Å². The van der Waals surface area contributed by atoms with Gasteiger partial charge in [-0.25, -0.2) is 0 Å². The Hall–Kier alpha value is -2.60. The number of nitrogens with zero attached hydrogens (tertiary/aromatic N) is 3. The van der Waals surface area contributed by atoms with E-state index in [1.165, 1.54) is 0 Å². The summed E-state index contributed by atoms with van der Waals surface area (Å²) < 4.78 is 0. The summed E-state index contributed by atoms with van der Waals surface area (Å²) in [5.74, 6) is -0.870.